The number of aromatic nitrogens is 3. The highest BCUT2D eigenvalue weighted by molar-refractivity contribution is 5.98. The lowest BCUT2D eigenvalue weighted by Gasteiger charge is -2.28. The number of phenolic OH excluding ortho intramolecular Hbond substituents is 1. The van der Waals surface area contributed by atoms with E-state index in [-0.39, 0.29) is 33.1 Å². The van der Waals surface area contributed by atoms with E-state index in [9.17, 15) is 5.11 Å². The van der Waals surface area contributed by atoms with Gasteiger partial charge in [0.1, 0.15) is 11.6 Å². The zero-order valence-electron chi connectivity index (χ0n) is 48.8. The lowest BCUT2D eigenvalue weighted by atomic mass is 9.79. The Morgan fingerprint density at radius 3 is 1.74 bits per heavy atom. The molecule has 0 radical (unpaired) electrons. The lowest BCUT2D eigenvalue weighted by Crippen LogP contribution is -2.17. The van der Waals surface area contributed by atoms with Crippen LogP contribution in [0.4, 0.5) is 0 Å². The monoisotopic (exact) mass is 926 g/mol. The molecule has 0 bridgehead atoms. The second-order valence-corrected chi connectivity index (χ2v) is 23.0. The zero-order valence-corrected chi connectivity index (χ0v) is 42.8. The van der Waals surface area contributed by atoms with Crippen LogP contribution in [0.3, 0.4) is 0 Å². The van der Waals surface area contributed by atoms with Crippen LogP contribution >= 0.6 is 0 Å². The molecular formula is C66H69N3O. The van der Waals surface area contributed by atoms with Crippen LogP contribution in [-0.2, 0) is 21.7 Å². The van der Waals surface area contributed by atoms with Crippen molar-refractivity contribution in [2.75, 3.05) is 0 Å². The van der Waals surface area contributed by atoms with Crippen molar-refractivity contribution in [1.82, 2.24) is 14.5 Å². The highest BCUT2D eigenvalue weighted by Gasteiger charge is 2.30. The van der Waals surface area contributed by atoms with Crippen LogP contribution in [0.1, 0.15) is 125 Å². The Balaban J connectivity index is 1.39. The van der Waals surface area contributed by atoms with E-state index in [0.717, 1.165) is 72.4 Å². The second kappa shape index (κ2) is 17.7. The summed E-state index contributed by atoms with van der Waals surface area (Å²) < 4.78 is 53.1. The Labute approximate surface area is 425 Å². The molecule has 0 unspecified atom stereocenters. The number of phenols is 1. The van der Waals surface area contributed by atoms with E-state index in [1.165, 1.54) is 5.56 Å². The molecule has 0 spiro atoms. The summed E-state index contributed by atoms with van der Waals surface area (Å²) in [5.41, 5.74) is 14.2. The minimum atomic E-state index is -2.51. The molecule has 0 aliphatic rings. The lowest BCUT2D eigenvalue weighted by molar-refractivity contribution is 0.446. The Morgan fingerprint density at radius 1 is 0.457 bits per heavy atom. The van der Waals surface area contributed by atoms with Crippen LogP contribution in [0.25, 0.3) is 83.9 Å². The largest absolute Gasteiger partial charge is 0.507 e. The first-order valence-electron chi connectivity index (χ1n) is 27.4. The van der Waals surface area contributed by atoms with Crippen molar-refractivity contribution in [3.05, 3.63) is 191 Å². The van der Waals surface area contributed by atoms with E-state index in [0.29, 0.717) is 28.2 Å². The highest BCUT2D eigenvalue weighted by Crippen LogP contribution is 2.47. The van der Waals surface area contributed by atoms with Crippen molar-refractivity contribution in [3.8, 4) is 78.6 Å². The number of imidazole rings is 1. The first-order valence-corrected chi connectivity index (χ1v) is 24.4. The predicted molar refractivity (Wildman–Crippen MR) is 297 cm³/mol. The predicted octanol–water partition coefficient (Wildman–Crippen LogP) is 17.9. The van der Waals surface area contributed by atoms with Crippen molar-refractivity contribution < 1.29 is 13.3 Å². The molecule has 9 aromatic rings. The smallest absolute Gasteiger partial charge is 0.149 e. The van der Waals surface area contributed by atoms with Gasteiger partial charge in [-0.1, -0.05) is 192 Å². The Kier molecular flexibility index (Phi) is 10.3. The van der Waals surface area contributed by atoms with Gasteiger partial charge in [-0.25, -0.2) is 4.98 Å². The van der Waals surface area contributed by atoms with Crippen LogP contribution in [0, 0.1) is 13.7 Å². The number of para-hydroxylation sites is 1. The van der Waals surface area contributed by atoms with Gasteiger partial charge in [0.05, 0.1) is 28.0 Å². The standard InChI is InChI=1S/C66H69N3O/c1-41-23-25-43(26-24-41)46-31-32-67-57(37-46)48-34-47(35-50(36-48)64(6,7)8)52-21-18-22-58-60(52)68-62(55-38-51(65(9,10)11)39-56(61(55)70)66(12,13)14)69(58)59-33-42(2)53(44-19-16-15-17-20-44)40-54(59)45-27-29-49(30-28-45)63(3,4)5/h15-40,70H,1-14H3/i1D3,2D3. The SMILES string of the molecule is [2H]C([2H])([2H])c1ccc(-c2ccnc(-c3cc(-c4cccc5c4nc(-c4cc(C(C)(C)C)cc(C(C)(C)C)c4O)n5-c4cc(C([2H])([2H])[2H])c(-c5ccccc5)cc4-c4ccc(C(C)(C)C)cc4)cc(C(C)(C)C)c3)c2)cc1. The summed E-state index contributed by atoms with van der Waals surface area (Å²) in [6, 6.07) is 49.9. The van der Waals surface area contributed by atoms with Crippen LogP contribution in [0.5, 0.6) is 5.75 Å². The molecule has 7 aromatic carbocycles. The summed E-state index contributed by atoms with van der Waals surface area (Å²) in [4.78, 5) is 10.6. The van der Waals surface area contributed by atoms with Gasteiger partial charge in [-0.3, -0.25) is 9.55 Å². The summed E-state index contributed by atoms with van der Waals surface area (Å²) in [7, 11) is 0. The molecule has 9 rings (SSSR count). The van der Waals surface area contributed by atoms with Crippen molar-refractivity contribution in [1.29, 1.82) is 0 Å². The summed E-state index contributed by atoms with van der Waals surface area (Å²) in [6.07, 6.45) is 1.79. The van der Waals surface area contributed by atoms with E-state index in [4.69, 9.17) is 18.2 Å². The van der Waals surface area contributed by atoms with Crippen molar-refractivity contribution in [2.45, 2.75) is 118 Å². The molecule has 4 nitrogen and oxygen atoms in total. The van der Waals surface area contributed by atoms with Gasteiger partial charge in [0.15, 0.2) is 0 Å². The first kappa shape index (κ1) is 40.8. The Hall–Kier alpha value is -7.04. The molecule has 2 aromatic heterocycles. The molecule has 0 atom stereocenters. The van der Waals surface area contributed by atoms with Gasteiger partial charge >= 0.3 is 0 Å². The maximum Gasteiger partial charge on any atom is 0.149 e. The number of aromatic hydroxyl groups is 1. The Morgan fingerprint density at radius 2 is 1.10 bits per heavy atom. The quantitative estimate of drug-likeness (QED) is 0.173. The van der Waals surface area contributed by atoms with Gasteiger partial charge in [-0.05, 0) is 140 Å². The summed E-state index contributed by atoms with van der Waals surface area (Å²) >= 11 is 0. The highest BCUT2D eigenvalue weighted by atomic mass is 16.3. The number of pyridine rings is 1. The van der Waals surface area contributed by atoms with E-state index in [1.807, 2.05) is 78.9 Å². The van der Waals surface area contributed by atoms with E-state index >= 15 is 0 Å². The third-order valence-corrected chi connectivity index (χ3v) is 13.6. The molecule has 2 heterocycles. The number of nitrogens with zero attached hydrogens (tertiary/aromatic N) is 3. The molecule has 0 amide bonds. The number of fused-ring (bicyclic) bond motifs is 1. The van der Waals surface area contributed by atoms with Gasteiger partial charge < -0.3 is 5.11 Å². The molecule has 0 fully saturated rings. The number of rotatable bonds is 7. The molecule has 1 N–H and O–H groups in total. The molecule has 0 saturated carbocycles. The van der Waals surface area contributed by atoms with Crippen molar-refractivity contribution in [2.24, 2.45) is 0 Å². The van der Waals surface area contributed by atoms with Crippen LogP contribution in [0.2, 0.25) is 0 Å². The zero-order chi connectivity index (χ0) is 55.1. The molecule has 354 valence electrons. The van der Waals surface area contributed by atoms with Crippen LogP contribution < -0.4 is 0 Å². The average molecular weight is 926 g/mol. The van der Waals surface area contributed by atoms with Crippen molar-refractivity contribution in [3.63, 3.8) is 0 Å². The fraction of sp³-hybridized carbons (Fsp3) is 0.273. The van der Waals surface area contributed by atoms with Crippen LogP contribution in [0.15, 0.2) is 158 Å². The van der Waals surface area contributed by atoms with Gasteiger partial charge in [0, 0.05) is 36.7 Å². The summed E-state index contributed by atoms with van der Waals surface area (Å²) in [5.74, 6) is 0.585. The molecule has 0 saturated heterocycles. The molecule has 70 heavy (non-hydrogen) atoms. The van der Waals surface area contributed by atoms with Gasteiger partial charge in [0.25, 0.3) is 0 Å². The maximum atomic E-state index is 12.8. The number of benzene rings is 7. The minimum Gasteiger partial charge on any atom is -0.507 e. The molecular weight excluding hydrogens is 851 g/mol. The third-order valence-electron chi connectivity index (χ3n) is 13.6. The second-order valence-electron chi connectivity index (χ2n) is 23.0. The fourth-order valence-electron chi connectivity index (χ4n) is 9.37. The first-order chi connectivity index (χ1) is 35.4. The fourth-order valence-corrected chi connectivity index (χ4v) is 9.37. The number of hydrogen-bond donors (Lipinski definition) is 1. The van der Waals surface area contributed by atoms with Gasteiger partial charge in [-0.15, -0.1) is 0 Å². The average Bonchev–Trinajstić information content (AvgIpc) is 3.79. The number of aryl methyl sites for hydroxylation is 2. The molecule has 0 aliphatic carbocycles. The third kappa shape index (κ3) is 9.37. The van der Waals surface area contributed by atoms with E-state index in [1.54, 1.807) is 18.3 Å². The topological polar surface area (TPSA) is 50.9 Å². The van der Waals surface area contributed by atoms with Crippen molar-refractivity contribution >= 4 is 11.0 Å². The van der Waals surface area contributed by atoms with E-state index < -0.39 is 19.1 Å². The maximum absolute atomic E-state index is 12.8. The summed E-state index contributed by atoms with van der Waals surface area (Å²) in [5, 5.41) is 12.8. The summed E-state index contributed by atoms with van der Waals surface area (Å²) in [6.45, 7) is 21.2. The van der Waals surface area contributed by atoms with Crippen LogP contribution in [-0.4, -0.2) is 19.6 Å². The van der Waals surface area contributed by atoms with Gasteiger partial charge in [0.2, 0.25) is 0 Å². The Bertz CT molecular complexity index is 3630. The normalized spacial score (nSPS) is 14.1. The minimum absolute atomic E-state index is 0.107. The van der Waals surface area contributed by atoms with Gasteiger partial charge in [-0.2, -0.15) is 0 Å². The number of hydrogen-bond acceptors (Lipinski definition) is 3. The molecule has 0 aliphatic heterocycles. The van der Waals surface area contributed by atoms with E-state index in [2.05, 4.69) is 148 Å². The molecule has 4 heteroatoms.